The summed E-state index contributed by atoms with van der Waals surface area (Å²) in [6.45, 7) is -4.74. The largest absolute Gasteiger partial charge is 0.544 e. The predicted octanol–water partition coefficient (Wildman–Crippen LogP) is -16.7. The lowest BCUT2D eigenvalue weighted by Gasteiger charge is -2.52. The Morgan fingerprint density at radius 1 is 0.528 bits per heavy atom. The van der Waals surface area contributed by atoms with E-state index < -0.39 is 279 Å². The summed E-state index contributed by atoms with van der Waals surface area (Å²) in [6, 6.07) is -6.39. The average Bonchev–Trinajstić information content (AvgIpc) is 2.03. The number of aliphatic carboxylic acids is 1. The van der Waals surface area contributed by atoms with Gasteiger partial charge in [-0.25, -0.2) is 0 Å². The van der Waals surface area contributed by atoms with E-state index in [0.29, 0.717) is 0 Å². The molecule has 6 heterocycles. The molecule has 0 bridgehead atoms. The molecule has 6 rings (SSSR count). The summed E-state index contributed by atoms with van der Waals surface area (Å²) in [5, 5.41) is 219. The van der Waals surface area contributed by atoms with Crippen molar-refractivity contribution in [3.63, 3.8) is 0 Å². The fourth-order valence-electron chi connectivity index (χ4n) is 10.9. The zero-order valence-corrected chi connectivity index (χ0v) is 47.7. The Hall–Kier alpha value is -3.85. The number of carbonyl (C=O) groups excluding carboxylic acids is 5. The monoisotopic (exact) mass is 1300 g/mol. The van der Waals surface area contributed by atoms with Gasteiger partial charge in [-0.05, 0) is 0 Å². The number of ether oxygens (including phenoxy) is 12. The van der Waals surface area contributed by atoms with Gasteiger partial charge in [0.1, 0.15) is 146 Å². The highest BCUT2D eigenvalue weighted by atomic mass is 16.8. The molecular formula is C49H81N4O36-. The predicted molar refractivity (Wildman–Crippen MR) is 272 cm³/mol. The maximum Gasteiger partial charge on any atom is 0.217 e. The summed E-state index contributed by atoms with van der Waals surface area (Å²) in [6.07, 6.45) is -57.5. The van der Waals surface area contributed by atoms with Crippen LogP contribution in [0.3, 0.4) is 0 Å². The van der Waals surface area contributed by atoms with Crippen LogP contribution in [0.1, 0.15) is 27.2 Å². The Morgan fingerprint density at radius 2 is 1.01 bits per heavy atom. The second-order valence-corrected chi connectivity index (χ2v) is 21.9. The summed E-state index contributed by atoms with van der Waals surface area (Å²) < 4.78 is 69.5. The summed E-state index contributed by atoms with van der Waals surface area (Å²) in [5.74, 6) is -8.40. The molecule has 40 heteroatoms. The summed E-state index contributed by atoms with van der Waals surface area (Å²) in [5.41, 5.74) is 0. The molecule has 89 heavy (non-hydrogen) atoms. The van der Waals surface area contributed by atoms with Gasteiger partial charge >= 0.3 is 0 Å². The van der Waals surface area contributed by atoms with Crippen LogP contribution in [0.5, 0.6) is 0 Å². The molecule has 0 aromatic rings. The lowest BCUT2D eigenvalue weighted by atomic mass is 9.88. The lowest BCUT2D eigenvalue weighted by molar-refractivity contribution is -0.411. The summed E-state index contributed by atoms with van der Waals surface area (Å²) >= 11 is 0. The van der Waals surface area contributed by atoms with Gasteiger partial charge in [-0.2, -0.15) is 0 Å². The van der Waals surface area contributed by atoms with E-state index in [1.807, 2.05) is 0 Å². The van der Waals surface area contributed by atoms with E-state index >= 15 is 0 Å². The number of rotatable bonds is 28. The number of hydrogen-bond acceptors (Lipinski definition) is 36. The van der Waals surface area contributed by atoms with Crippen molar-refractivity contribution in [1.82, 2.24) is 21.3 Å². The van der Waals surface area contributed by atoms with Gasteiger partial charge in [0.15, 0.2) is 31.5 Å². The third-order valence-corrected chi connectivity index (χ3v) is 15.5. The van der Waals surface area contributed by atoms with Gasteiger partial charge in [0.05, 0.1) is 71.0 Å². The quantitative estimate of drug-likeness (QED) is 0.0324. The normalized spacial score (nSPS) is 43.8. The maximum atomic E-state index is 13.1. The van der Waals surface area contributed by atoms with Gasteiger partial charge in [-0.3, -0.25) is 19.2 Å². The fraction of sp³-hybridized carbons (Fsp3) is 0.898. The first-order chi connectivity index (χ1) is 42.0. The summed E-state index contributed by atoms with van der Waals surface area (Å²) in [4.78, 5) is 61.5. The van der Waals surface area contributed by atoms with E-state index in [-0.39, 0.29) is 6.41 Å². The van der Waals surface area contributed by atoms with Gasteiger partial charge in [-0.15, -0.1) is 0 Å². The lowest BCUT2D eigenvalue weighted by Crippen LogP contribution is -2.72. The van der Waals surface area contributed by atoms with Crippen molar-refractivity contribution in [2.24, 2.45) is 0 Å². The van der Waals surface area contributed by atoms with Crippen LogP contribution in [0.4, 0.5) is 0 Å². The van der Waals surface area contributed by atoms with Gasteiger partial charge in [0, 0.05) is 27.2 Å². The van der Waals surface area contributed by atoms with Crippen molar-refractivity contribution in [2.75, 3.05) is 52.9 Å². The van der Waals surface area contributed by atoms with E-state index in [4.69, 9.17) is 56.8 Å². The average molecular weight is 1300 g/mol. The number of carbonyl (C=O) groups is 5. The Labute approximate surface area is 504 Å². The third-order valence-electron chi connectivity index (χ3n) is 15.5. The van der Waals surface area contributed by atoms with Gasteiger partial charge in [-0.1, -0.05) is 0 Å². The Balaban J connectivity index is 1.34. The summed E-state index contributed by atoms with van der Waals surface area (Å²) in [7, 11) is 0. The molecule has 6 aliphatic rings. The molecule has 0 aromatic heterocycles. The standard InChI is InChI=1S/C49H82N4O36/c1-14(61)51-25-18(64)4-49(48(76)77,88-40(25)28(66)19(65)6-55)89-42-31(69)22(9-58)82-47(37(42)75)86-39-27(53-16(3)63)44(81-21(8-57)30(39)68)87-41-32(70)24(12-79-43-26(52-15(2)62)33(71)29(67)20(7-56)80-43)84-46(36(41)74)85-38-23(10-59)83-45(35(73)34(38)72)78-11-17(5-54)50-13-60/h13,17-47,54-59,64-75H,4-12H2,1-3H3,(H,50,60)(H,51,61)(H,52,62)(H,53,63)(H,76,77)/p-1/t17-,18+,19-,20-,21-,22-,23-,24-,25-,26-,27-,28-,29-,30-,31+,32+,33-,34-,35-,36-,37-,38-,39-,40-,41+,42+,43-,44+,45-,46+,47+,49+/m1/s1. The van der Waals surface area contributed by atoms with E-state index in [1.165, 1.54) is 0 Å². The van der Waals surface area contributed by atoms with Crippen LogP contribution < -0.4 is 26.4 Å². The van der Waals surface area contributed by atoms with Crippen molar-refractivity contribution in [3.05, 3.63) is 0 Å². The molecule has 0 spiro atoms. The van der Waals surface area contributed by atoms with Crippen molar-refractivity contribution in [2.45, 2.75) is 223 Å². The number of carboxylic acid groups (broad SMARTS) is 1. The zero-order valence-electron chi connectivity index (χ0n) is 47.7. The van der Waals surface area contributed by atoms with E-state index in [0.717, 1.165) is 20.8 Å². The van der Waals surface area contributed by atoms with E-state index in [9.17, 15) is 121 Å². The number of nitrogens with one attached hydrogen (secondary N) is 4. The number of hydrogen-bond donors (Lipinski definition) is 22. The second-order valence-electron chi connectivity index (χ2n) is 21.9. The third kappa shape index (κ3) is 17.1. The molecule has 6 aliphatic heterocycles. The van der Waals surface area contributed by atoms with Crippen LogP contribution in [0, 0.1) is 0 Å². The molecule has 0 unspecified atom stereocenters. The van der Waals surface area contributed by atoms with Crippen LogP contribution in [0.15, 0.2) is 0 Å². The molecule has 514 valence electrons. The Bertz CT molecular complexity index is 2270. The number of carboxylic acids is 1. The number of amides is 4. The van der Waals surface area contributed by atoms with Crippen molar-refractivity contribution in [1.29, 1.82) is 0 Å². The topological polar surface area (TPSA) is 631 Å². The molecule has 22 N–H and O–H groups in total. The first kappa shape index (κ1) is 74.2. The smallest absolute Gasteiger partial charge is 0.217 e. The zero-order chi connectivity index (χ0) is 66.1. The number of aliphatic hydroxyl groups is 18. The van der Waals surface area contributed by atoms with E-state index in [1.54, 1.807) is 0 Å². The Kier molecular flexibility index (Phi) is 27.4. The first-order valence-corrected chi connectivity index (χ1v) is 27.9. The van der Waals surface area contributed by atoms with Crippen LogP contribution >= 0.6 is 0 Å². The fourth-order valence-corrected chi connectivity index (χ4v) is 10.9. The molecule has 6 saturated heterocycles. The molecule has 32 atom stereocenters. The molecule has 4 amide bonds. The maximum absolute atomic E-state index is 13.1. The number of aliphatic hydroxyl groups excluding tert-OH is 18. The Morgan fingerprint density at radius 3 is 1.56 bits per heavy atom. The molecule has 0 radical (unpaired) electrons. The molecule has 40 nitrogen and oxygen atoms in total. The van der Waals surface area contributed by atoms with Crippen LogP contribution in [-0.4, -0.2) is 371 Å². The van der Waals surface area contributed by atoms with Gasteiger partial charge < -0.3 is 180 Å². The van der Waals surface area contributed by atoms with Crippen molar-refractivity contribution < 1.29 is 178 Å². The first-order valence-electron chi connectivity index (χ1n) is 27.9. The second kappa shape index (κ2) is 32.8. The van der Waals surface area contributed by atoms with Gasteiger partial charge in [0.25, 0.3) is 0 Å². The van der Waals surface area contributed by atoms with Crippen molar-refractivity contribution in [3.8, 4) is 0 Å². The molecule has 0 saturated carbocycles. The highest BCUT2D eigenvalue weighted by Gasteiger charge is 2.60. The van der Waals surface area contributed by atoms with Crippen LogP contribution in [-0.2, 0) is 80.8 Å². The van der Waals surface area contributed by atoms with Crippen LogP contribution in [0.25, 0.3) is 0 Å². The minimum Gasteiger partial charge on any atom is -0.544 e. The van der Waals surface area contributed by atoms with Crippen LogP contribution in [0.2, 0.25) is 0 Å². The highest BCUT2D eigenvalue weighted by molar-refractivity contribution is 5.75. The minimum absolute atomic E-state index is 0.239. The molecule has 6 fully saturated rings. The van der Waals surface area contributed by atoms with Gasteiger partial charge in [0.2, 0.25) is 29.9 Å². The minimum atomic E-state index is -3.38. The SMILES string of the molecule is CC(=O)N[C@H]1[C@H](OC[C@H]2O[C@@H](O[C@H]3[C@H](O)[C@@H](O)[C@H](OC[C@@H](CO)NC=O)O[C@@H]3CO)[C@H](O)[C@@H](O[C@@H]3O[C@H](CO)[C@@H](O)[C@H](O[C@@H]4O[C@H](CO)[C@H](O)[C@H](O[C@]5(C(=O)[O-])C[C@H](O)[C@@H](NC(C)=O)[C@H]([C@H](O)[C@H](O)CO)O5)[C@H]4O)[C@H]3NC(C)=O)[C@H]2O)O[C@H](CO)[C@@H](O)[C@@H]1O. The van der Waals surface area contributed by atoms with E-state index in [2.05, 4.69) is 21.3 Å². The molecule has 0 aromatic carbocycles. The van der Waals surface area contributed by atoms with Crippen molar-refractivity contribution >= 4 is 30.1 Å². The molecular weight excluding hydrogens is 1220 g/mol. The molecule has 0 aliphatic carbocycles. The highest BCUT2D eigenvalue weighted by Crippen LogP contribution is 2.40.